The highest BCUT2D eigenvalue weighted by atomic mass is 16.5. The van der Waals surface area contributed by atoms with E-state index in [2.05, 4.69) is 0 Å². The van der Waals surface area contributed by atoms with Gasteiger partial charge in [-0.2, -0.15) is 0 Å². The highest BCUT2D eigenvalue weighted by molar-refractivity contribution is 5.86. The summed E-state index contributed by atoms with van der Waals surface area (Å²) in [6, 6.07) is 7.42. The first-order valence-electron chi connectivity index (χ1n) is 6.00. The maximum atomic E-state index is 11.4. The molecule has 0 amide bonds. The number of carbonyl (C=O) groups excluding carboxylic acids is 1. The first-order valence-corrected chi connectivity index (χ1v) is 6.00. The van der Waals surface area contributed by atoms with Crippen LogP contribution in [0.25, 0.3) is 0 Å². The highest BCUT2D eigenvalue weighted by Crippen LogP contribution is 2.37. The molecule has 0 unspecified atom stereocenters. The molecular weight excluding hydrogens is 232 g/mol. The van der Waals surface area contributed by atoms with Gasteiger partial charge in [0.1, 0.15) is 11.5 Å². The highest BCUT2D eigenvalue weighted by Gasteiger charge is 2.35. The average Bonchev–Trinajstić information content (AvgIpc) is 2.39. The van der Waals surface area contributed by atoms with Crippen LogP contribution in [0.1, 0.15) is 30.7 Å². The fourth-order valence-corrected chi connectivity index (χ4v) is 2.52. The number of carboxylic acids is 1. The summed E-state index contributed by atoms with van der Waals surface area (Å²) in [5.41, 5.74) is 0.968. The maximum Gasteiger partial charge on any atom is 0.307 e. The lowest BCUT2D eigenvalue weighted by Crippen LogP contribution is -2.29. The van der Waals surface area contributed by atoms with Crippen LogP contribution >= 0.6 is 0 Å². The van der Waals surface area contributed by atoms with Crippen molar-refractivity contribution in [3.8, 4) is 5.75 Å². The van der Waals surface area contributed by atoms with E-state index in [1.165, 1.54) is 0 Å². The predicted molar refractivity (Wildman–Crippen MR) is 65.7 cm³/mol. The minimum atomic E-state index is -0.885. The van der Waals surface area contributed by atoms with Gasteiger partial charge in [0.25, 0.3) is 0 Å². The SMILES string of the molecule is COc1ccc([C@@H]2CCC(=O)C[C@H]2C(=O)O)cc1. The Kier molecular flexibility index (Phi) is 3.65. The van der Waals surface area contributed by atoms with Gasteiger partial charge in [-0.05, 0) is 30.0 Å². The smallest absolute Gasteiger partial charge is 0.307 e. The Hall–Kier alpha value is -1.84. The number of hydrogen-bond acceptors (Lipinski definition) is 3. The van der Waals surface area contributed by atoms with E-state index < -0.39 is 11.9 Å². The molecule has 1 saturated carbocycles. The van der Waals surface area contributed by atoms with Crippen LogP contribution in [0.3, 0.4) is 0 Å². The molecule has 4 nitrogen and oxygen atoms in total. The van der Waals surface area contributed by atoms with Crippen LogP contribution in [0.15, 0.2) is 24.3 Å². The summed E-state index contributed by atoms with van der Waals surface area (Å²) in [6.45, 7) is 0. The zero-order valence-corrected chi connectivity index (χ0v) is 10.3. The molecule has 1 aliphatic rings. The first-order chi connectivity index (χ1) is 8.61. The summed E-state index contributed by atoms with van der Waals surface area (Å²) in [6.07, 6.45) is 1.23. The molecule has 18 heavy (non-hydrogen) atoms. The number of carboxylic acid groups (broad SMARTS) is 1. The van der Waals surface area contributed by atoms with Crippen molar-refractivity contribution >= 4 is 11.8 Å². The third-order valence-electron chi connectivity index (χ3n) is 3.53. The lowest BCUT2D eigenvalue weighted by Gasteiger charge is -2.28. The zero-order chi connectivity index (χ0) is 13.1. The van der Waals surface area contributed by atoms with Crippen molar-refractivity contribution in [3.05, 3.63) is 29.8 Å². The van der Waals surface area contributed by atoms with Crippen molar-refractivity contribution < 1.29 is 19.4 Å². The Morgan fingerprint density at radius 3 is 2.56 bits per heavy atom. The van der Waals surface area contributed by atoms with Crippen LogP contribution in [-0.4, -0.2) is 24.0 Å². The lowest BCUT2D eigenvalue weighted by molar-refractivity contribution is -0.146. The molecule has 96 valence electrons. The van der Waals surface area contributed by atoms with Gasteiger partial charge in [0.05, 0.1) is 13.0 Å². The van der Waals surface area contributed by atoms with Gasteiger partial charge in [-0.25, -0.2) is 0 Å². The summed E-state index contributed by atoms with van der Waals surface area (Å²) in [7, 11) is 1.59. The first kappa shape index (κ1) is 12.6. The van der Waals surface area contributed by atoms with E-state index in [0.717, 1.165) is 11.3 Å². The molecule has 4 heteroatoms. The van der Waals surface area contributed by atoms with Crippen molar-refractivity contribution in [2.45, 2.75) is 25.2 Å². The van der Waals surface area contributed by atoms with Crippen LogP contribution in [0.4, 0.5) is 0 Å². The second-order valence-corrected chi connectivity index (χ2v) is 4.61. The van der Waals surface area contributed by atoms with Gasteiger partial charge in [0.2, 0.25) is 0 Å². The Bertz CT molecular complexity index is 449. The number of ketones is 1. The van der Waals surface area contributed by atoms with Crippen molar-refractivity contribution in [3.63, 3.8) is 0 Å². The summed E-state index contributed by atoms with van der Waals surface area (Å²) in [5, 5.41) is 9.21. The largest absolute Gasteiger partial charge is 0.497 e. The quantitative estimate of drug-likeness (QED) is 0.891. The maximum absolute atomic E-state index is 11.4. The predicted octanol–water partition coefficient (Wildman–Crippen LogP) is 2.23. The van der Waals surface area contributed by atoms with Crippen LogP contribution in [0.5, 0.6) is 5.75 Å². The van der Waals surface area contributed by atoms with Crippen molar-refractivity contribution in [2.24, 2.45) is 5.92 Å². The van der Waals surface area contributed by atoms with Crippen molar-refractivity contribution in [1.29, 1.82) is 0 Å². The topological polar surface area (TPSA) is 63.6 Å². The van der Waals surface area contributed by atoms with E-state index >= 15 is 0 Å². The number of methoxy groups -OCH3 is 1. The Morgan fingerprint density at radius 2 is 2.00 bits per heavy atom. The zero-order valence-electron chi connectivity index (χ0n) is 10.3. The molecule has 0 radical (unpaired) electrons. The standard InChI is InChI=1S/C14H16O4/c1-18-11-5-2-9(3-6-11)12-7-4-10(15)8-13(12)14(16)17/h2-3,5-6,12-13H,4,7-8H2,1H3,(H,16,17)/t12-,13+/m0/s1. The number of benzene rings is 1. The average molecular weight is 248 g/mol. The number of rotatable bonds is 3. The lowest BCUT2D eigenvalue weighted by atomic mass is 9.75. The number of hydrogen-bond donors (Lipinski definition) is 1. The molecule has 1 aromatic rings. The van der Waals surface area contributed by atoms with Gasteiger partial charge >= 0.3 is 5.97 Å². The number of aliphatic carboxylic acids is 1. The van der Waals surface area contributed by atoms with Crippen LogP contribution < -0.4 is 4.74 Å². The summed E-state index contributed by atoms with van der Waals surface area (Å²) >= 11 is 0. The number of carbonyl (C=O) groups is 2. The Labute approximate surface area is 106 Å². The van der Waals surface area contributed by atoms with Gasteiger partial charge in [0, 0.05) is 12.8 Å². The molecule has 2 atom stereocenters. The molecule has 1 aromatic carbocycles. The van der Waals surface area contributed by atoms with E-state index in [1.54, 1.807) is 7.11 Å². The van der Waals surface area contributed by atoms with Gasteiger partial charge in [-0.15, -0.1) is 0 Å². The van der Waals surface area contributed by atoms with E-state index in [-0.39, 0.29) is 18.1 Å². The molecule has 0 heterocycles. The summed E-state index contributed by atoms with van der Waals surface area (Å²) in [5.74, 6) is -0.765. The molecule has 0 aliphatic heterocycles. The van der Waals surface area contributed by atoms with Gasteiger partial charge in [-0.1, -0.05) is 12.1 Å². The Morgan fingerprint density at radius 1 is 1.33 bits per heavy atom. The van der Waals surface area contributed by atoms with E-state index in [0.29, 0.717) is 12.8 Å². The molecular formula is C14H16O4. The second-order valence-electron chi connectivity index (χ2n) is 4.61. The Balaban J connectivity index is 2.23. The number of Topliss-reactive ketones (excluding diaryl/α,β-unsaturated/α-hetero) is 1. The van der Waals surface area contributed by atoms with E-state index in [4.69, 9.17) is 4.74 Å². The molecule has 0 bridgehead atoms. The molecule has 1 N–H and O–H groups in total. The van der Waals surface area contributed by atoms with Crippen molar-refractivity contribution in [2.75, 3.05) is 7.11 Å². The third kappa shape index (κ3) is 2.53. The molecule has 0 aromatic heterocycles. The molecule has 1 aliphatic carbocycles. The fraction of sp³-hybridized carbons (Fsp3) is 0.429. The third-order valence-corrected chi connectivity index (χ3v) is 3.53. The van der Waals surface area contributed by atoms with E-state index in [9.17, 15) is 14.7 Å². The van der Waals surface area contributed by atoms with Gasteiger partial charge in [0.15, 0.2) is 0 Å². The molecule has 2 rings (SSSR count). The normalized spacial score (nSPS) is 23.7. The summed E-state index contributed by atoms with van der Waals surface area (Å²) < 4.78 is 5.08. The fourth-order valence-electron chi connectivity index (χ4n) is 2.52. The minimum absolute atomic E-state index is 0.0483. The number of ether oxygens (including phenoxy) is 1. The summed E-state index contributed by atoms with van der Waals surface area (Å²) in [4.78, 5) is 22.6. The van der Waals surface area contributed by atoms with Crippen molar-refractivity contribution in [1.82, 2.24) is 0 Å². The molecule has 1 fully saturated rings. The van der Waals surface area contributed by atoms with Crippen LogP contribution in [0.2, 0.25) is 0 Å². The molecule has 0 saturated heterocycles. The van der Waals surface area contributed by atoms with Gasteiger partial charge in [-0.3, -0.25) is 9.59 Å². The van der Waals surface area contributed by atoms with Crippen LogP contribution in [0, 0.1) is 5.92 Å². The monoisotopic (exact) mass is 248 g/mol. The second kappa shape index (κ2) is 5.21. The molecule has 0 spiro atoms. The minimum Gasteiger partial charge on any atom is -0.497 e. The van der Waals surface area contributed by atoms with E-state index in [1.807, 2.05) is 24.3 Å². The van der Waals surface area contributed by atoms with Gasteiger partial charge < -0.3 is 9.84 Å². The van der Waals surface area contributed by atoms with Crippen LogP contribution in [-0.2, 0) is 9.59 Å².